The largest absolute Gasteiger partial charge is 0.494 e. The number of carbonyl (C=O) groups excluding carboxylic acids is 3. The number of anilines is 2. The van der Waals surface area contributed by atoms with Crippen LogP contribution in [-0.2, 0) is 9.59 Å². The predicted octanol–water partition coefficient (Wildman–Crippen LogP) is 8.00. The zero-order valence-corrected chi connectivity index (χ0v) is 27.0. The highest BCUT2D eigenvalue weighted by Crippen LogP contribution is 2.28. The Morgan fingerprint density at radius 1 is 0.913 bits per heavy atom. The van der Waals surface area contributed by atoms with Gasteiger partial charge in [0.25, 0.3) is 11.8 Å². The van der Waals surface area contributed by atoms with Crippen LogP contribution in [0.5, 0.6) is 5.75 Å². The number of thioether (sulfide) groups is 1. The van der Waals surface area contributed by atoms with Crippen LogP contribution in [0.25, 0.3) is 17.3 Å². The van der Waals surface area contributed by atoms with Gasteiger partial charge >= 0.3 is 0 Å². The molecule has 0 aliphatic heterocycles. The topological polar surface area (TPSA) is 109 Å². The number of ether oxygens (including phenoxy) is 1. The summed E-state index contributed by atoms with van der Waals surface area (Å²) in [6.45, 7) is 2.53. The van der Waals surface area contributed by atoms with E-state index in [1.807, 2.05) is 42.6 Å². The standard InChI is InChI=1S/C35H29ClN4O4S2/c1-2-44-27-17-15-23(16-18-27)31-21-46-35(39-31)40-32(41)22-45-28-13-8-12-26(20-28)37-34(43)30(19-25-11-6-7-14-29(25)36)38-33(42)24-9-4-3-5-10-24/h3-21H,2,22H2,1H3,(H,37,43)(H,38,42)(H,39,40,41)/b30-19+. The fraction of sp³-hybridized carbons (Fsp3) is 0.0857. The van der Waals surface area contributed by atoms with Crippen molar-refractivity contribution in [3.8, 4) is 17.0 Å². The van der Waals surface area contributed by atoms with Crippen molar-refractivity contribution in [3.63, 3.8) is 0 Å². The summed E-state index contributed by atoms with van der Waals surface area (Å²) in [5.74, 6) is -0.243. The number of nitrogens with one attached hydrogen (secondary N) is 3. The number of halogens is 1. The molecule has 0 aliphatic carbocycles. The molecule has 0 saturated heterocycles. The quantitative estimate of drug-likeness (QED) is 0.0918. The Kier molecular flexibility index (Phi) is 11.2. The second-order valence-electron chi connectivity index (χ2n) is 9.71. The molecule has 0 bridgehead atoms. The average Bonchev–Trinajstić information content (AvgIpc) is 3.54. The van der Waals surface area contributed by atoms with E-state index in [2.05, 4.69) is 20.9 Å². The van der Waals surface area contributed by atoms with Crippen molar-refractivity contribution in [1.29, 1.82) is 0 Å². The molecule has 0 aliphatic rings. The van der Waals surface area contributed by atoms with Crippen molar-refractivity contribution in [2.75, 3.05) is 23.0 Å². The molecule has 4 aromatic carbocycles. The summed E-state index contributed by atoms with van der Waals surface area (Å²) < 4.78 is 5.49. The lowest BCUT2D eigenvalue weighted by molar-refractivity contribution is -0.114. The highest BCUT2D eigenvalue weighted by Gasteiger charge is 2.16. The number of aromatic nitrogens is 1. The predicted molar refractivity (Wildman–Crippen MR) is 186 cm³/mol. The molecule has 5 rings (SSSR count). The van der Waals surface area contributed by atoms with Gasteiger partial charge < -0.3 is 20.7 Å². The molecule has 8 nitrogen and oxygen atoms in total. The van der Waals surface area contributed by atoms with Crippen LogP contribution in [0.3, 0.4) is 0 Å². The molecule has 5 aromatic rings. The first-order valence-electron chi connectivity index (χ1n) is 14.2. The van der Waals surface area contributed by atoms with Gasteiger partial charge in [-0.05, 0) is 79.2 Å². The first-order valence-corrected chi connectivity index (χ1v) is 16.5. The number of hydrogen-bond acceptors (Lipinski definition) is 7. The van der Waals surface area contributed by atoms with Crippen LogP contribution in [-0.4, -0.2) is 35.1 Å². The zero-order chi connectivity index (χ0) is 32.3. The summed E-state index contributed by atoms with van der Waals surface area (Å²) in [6.07, 6.45) is 1.53. The molecule has 0 atom stereocenters. The molecule has 1 heterocycles. The maximum atomic E-state index is 13.4. The lowest BCUT2D eigenvalue weighted by atomic mass is 10.1. The molecule has 1 aromatic heterocycles. The minimum absolute atomic E-state index is 0.0208. The minimum Gasteiger partial charge on any atom is -0.494 e. The molecule has 3 amide bonds. The van der Waals surface area contributed by atoms with E-state index < -0.39 is 11.8 Å². The third-order valence-electron chi connectivity index (χ3n) is 6.41. The van der Waals surface area contributed by atoms with E-state index in [0.717, 1.165) is 21.9 Å². The van der Waals surface area contributed by atoms with Crippen molar-refractivity contribution < 1.29 is 19.1 Å². The van der Waals surface area contributed by atoms with Gasteiger partial charge in [-0.25, -0.2) is 4.98 Å². The van der Waals surface area contributed by atoms with Crippen LogP contribution >= 0.6 is 34.7 Å². The molecule has 0 spiro atoms. The monoisotopic (exact) mass is 668 g/mol. The van der Waals surface area contributed by atoms with E-state index in [4.69, 9.17) is 16.3 Å². The molecular weight excluding hydrogens is 640 g/mol. The summed E-state index contributed by atoms with van der Waals surface area (Å²) in [5.41, 5.74) is 3.19. The van der Waals surface area contributed by atoms with Gasteiger partial charge in [0.05, 0.1) is 18.1 Å². The van der Waals surface area contributed by atoms with Crippen molar-refractivity contribution in [2.45, 2.75) is 11.8 Å². The van der Waals surface area contributed by atoms with E-state index in [0.29, 0.717) is 33.6 Å². The number of rotatable bonds is 12. The summed E-state index contributed by atoms with van der Waals surface area (Å²) >= 11 is 9.00. The Morgan fingerprint density at radius 3 is 2.43 bits per heavy atom. The van der Waals surface area contributed by atoms with Gasteiger partial charge in [-0.3, -0.25) is 14.4 Å². The van der Waals surface area contributed by atoms with Gasteiger partial charge in [0, 0.05) is 32.1 Å². The summed E-state index contributed by atoms with van der Waals surface area (Å²) in [6, 6.07) is 30.4. The van der Waals surface area contributed by atoms with E-state index in [1.54, 1.807) is 72.8 Å². The second kappa shape index (κ2) is 15.9. The summed E-state index contributed by atoms with van der Waals surface area (Å²) in [4.78, 5) is 44.3. The lowest BCUT2D eigenvalue weighted by Crippen LogP contribution is -2.30. The molecular formula is C35H29ClN4O4S2. The van der Waals surface area contributed by atoms with E-state index in [-0.39, 0.29) is 17.4 Å². The van der Waals surface area contributed by atoms with E-state index in [9.17, 15) is 14.4 Å². The van der Waals surface area contributed by atoms with Crippen molar-refractivity contribution >= 4 is 69.3 Å². The molecule has 232 valence electrons. The van der Waals surface area contributed by atoms with Crippen LogP contribution in [0.15, 0.2) is 119 Å². The molecule has 11 heteroatoms. The number of carbonyl (C=O) groups is 3. The highest BCUT2D eigenvalue weighted by molar-refractivity contribution is 8.00. The van der Waals surface area contributed by atoms with Crippen molar-refractivity contribution in [1.82, 2.24) is 10.3 Å². The minimum atomic E-state index is -0.531. The van der Waals surface area contributed by atoms with Crippen LogP contribution in [0.1, 0.15) is 22.8 Å². The third-order valence-corrected chi connectivity index (χ3v) is 8.50. The number of nitrogens with zero attached hydrogens (tertiary/aromatic N) is 1. The number of amides is 3. The van der Waals surface area contributed by atoms with Gasteiger partial charge in [0.15, 0.2) is 5.13 Å². The number of benzene rings is 4. The normalized spacial score (nSPS) is 11.0. The number of hydrogen-bond donors (Lipinski definition) is 3. The van der Waals surface area contributed by atoms with Crippen molar-refractivity contribution in [3.05, 3.63) is 130 Å². The highest BCUT2D eigenvalue weighted by atomic mass is 35.5. The number of thiazole rings is 1. The fourth-order valence-corrected chi connectivity index (χ4v) is 5.89. The Labute approximate surface area is 279 Å². The Hall–Kier alpha value is -4.90. The van der Waals surface area contributed by atoms with Crippen molar-refractivity contribution in [2.24, 2.45) is 0 Å². The van der Waals surface area contributed by atoms with Crippen LogP contribution < -0.4 is 20.7 Å². The smallest absolute Gasteiger partial charge is 0.272 e. The van der Waals surface area contributed by atoms with E-state index >= 15 is 0 Å². The Balaban J connectivity index is 1.21. The van der Waals surface area contributed by atoms with Gasteiger partial charge in [-0.2, -0.15) is 0 Å². The fourth-order valence-electron chi connectivity index (χ4n) is 4.21. The van der Waals surface area contributed by atoms with Gasteiger partial charge in [-0.15, -0.1) is 23.1 Å². The van der Waals surface area contributed by atoms with Gasteiger partial charge in [0.2, 0.25) is 5.91 Å². The molecule has 46 heavy (non-hydrogen) atoms. The van der Waals surface area contributed by atoms with Crippen LogP contribution in [0.4, 0.5) is 10.8 Å². The molecule has 3 N–H and O–H groups in total. The molecule has 0 fully saturated rings. The SMILES string of the molecule is CCOc1ccc(-c2csc(NC(=O)CSc3cccc(NC(=O)/C(=C\c4ccccc4Cl)NC(=O)c4ccccc4)c3)n2)cc1. The summed E-state index contributed by atoms with van der Waals surface area (Å²) in [5, 5.41) is 11.2. The third kappa shape index (κ3) is 9.07. The first kappa shape index (κ1) is 32.5. The van der Waals surface area contributed by atoms with Gasteiger partial charge in [-0.1, -0.05) is 54.1 Å². The maximum absolute atomic E-state index is 13.4. The summed E-state index contributed by atoms with van der Waals surface area (Å²) in [7, 11) is 0. The molecule has 0 saturated carbocycles. The Bertz CT molecular complexity index is 1860. The first-order chi connectivity index (χ1) is 22.4. The lowest BCUT2D eigenvalue weighted by Gasteiger charge is -2.12. The maximum Gasteiger partial charge on any atom is 0.272 e. The van der Waals surface area contributed by atoms with Crippen LogP contribution in [0, 0.1) is 0 Å². The second-order valence-corrected chi connectivity index (χ2v) is 12.0. The zero-order valence-electron chi connectivity index (χ0n) is 24.7. The molecule has 0 unspecified atom stereocenters. The average molecular weight is 669 g/mol. The Morgan fingerprint density at radius 2 is 1.67 bits per heavy atom. The van der Waals surface area contributed by atoms with Crippen LogP contribution in [0.2, 0.25) is 5.02 Å². The van der Waals surface area contributed by atoms with Gasteiger partial charge in [0.1, 0.15) is 11.4 Å². The molecule has 0 radical (unpaired) electrons. The van der Waals surface area contributed by atoms with E-state index in [1.165, 1.54) is 29.2 Å².